The van der Waals surface area contributed by atoms with Gasteiger partial charge in [0.25, 0.3) is 0 Å². The molecule has 1 amide bonds. The number of benzene rings is 2. The Morgan fingerprint density at radius 3 is 2.08 bits per heavy atom. The minimum absolute atomic E-state index is 0.121. The van der Waals surface area contributed by atoms with Crippen LogP contribution in [0.4, 0.5) is 16.2 Å². The fourth-order valence-corrected chi connectivity index (χ4v) is 5.14. The molecule has 26 heavy (non-hydrogen) atoms. The van der Waals surface area contributed by atoms with Gasteiger partial charge in [-0.2, -0.15) is 0 Å². The van der Waals surface area contributed by atoms with E-state index in [0.717, 1.165) is 21.3 Å². The first-order valence-electron chi connectivity index (χ1n) is 8.03. The van der Waals surface area contributed by atoms with Crippen molar-refractivity contribution in [3.63, 3.8) is 0 Å². The van der Waals surface area contributed by atoms with Crippen LogP contribution in [0.3, 0.4) is 0 Å². The number of carboxylic acids is 1. The van der Waals surface area contributed by atoms with E-state index < -0.39 is 12.1 Å². The summed E-state index contributed by atoms with van der Waals surface area (Å²) in [5, 5.41) is 18.7. The van der Waals surface area contributed by atoms with Crippen molar-refractivity contribution in [1.29, 1.82) is 0 Å². The molecule has 1 heterocycles. The Labute approximate surface area is 160 Å². The van der Waals surface area contributed by atoms with Crippen LogP contribution in [0.25, 0.3) is 0 Å². The quantitative estimate of drug-likeness (QED) is 0.729. The molecule has 0 unspecified atom stereocenters. The van der Waals surface area contributed by atoms with E-state index in [1.165, 1.54) is 29.2 Å². The Bertz CT molecular complexity index is 849. The Morgan fingerprint density at radius 1 is 0.923 bits per heavy atom. The molecule has 0 saturated heterocycles. The maximum Gasteiger partial charge on any atom is 0.416 e. The van der Waals surface area contributed by atoms with Gasteiger partial charge in [-0.25, -0.2) is 14.5 Å². The molecule has 0 atom stereocenters. The summed E-state index contributed by atoms with van der Waals surface area (Å²) < 4.78 is 0. The molecular formula is C19H19NO4S2. The van der Waals surface area contributed by atoms with Gasteiger partial charge in [0.15, 0.2) is 0 Å². The molecule has 5 nitrogen and oxygen atoms in total. The van der Waals surface area contributed by atoms with Gasteiger partial charge in [0.1, 0.15) is 0 Å². The van der Waals surface area contributed by atoms with Crippen LogP contribution in [0.15, 0.2) is 52.3 Å². The van der Waals surface area contributed by atoms with E-state index in [1.54, 1.807) is 29.6 Å². The first-order chi connectivity index (χ1) is 12.3. The highest BCUT2D eigenvalue weighted by atomic mass is 32.2. The largest absolute Gasteiger partial charge is 0.478 e. The van der Waals surface area contributed by atoms with Crippen LogP contribution >= 0.6 is 23.5 Å². The van der Waals surface area contributed by atoms with Crippen LogP contribution in [0.5, 0.6) is 0 Å². The minimum Gasteiger partial charge on any atom is -0.478 e. The Morgan fingerprint density at radius 2 is 1.50 bits per heavy atom. The molecule has 0 saturated carbocycles. The zero-order valence-electron chi connectivity index (χ0n) is 14.4. The van der Waals surface area contributed by atoms with Crippen molar-refractivity contribution in [2.75, 3.05) is 16.4 Å². The second-order valence-corrected chi connectivity index (χ2v) is 8.88. The van der Waals surface area contributed by atoms with Crippen LogP contribution in [-0.4, -0.2) is 33.8 Å². The van der Waals surface area contributed by atoms with Crippen molar-refractivity contribution in [3.8, 4) is 0 Å². The highest BCUT2D eigenvalue weighted by Crippen LogP contribution is 2.44. The van der Waals surface area contributed by atoms with Crippen molar-refractivity contribution < 1.29 is 19.8 Å². The third-order valence-corrected chi connectivity index (χ3v) is 7.28. The number of hydrogen-bond donors (Lipinski definition) is 2. The van der Waals surface area contributed by atoms with E-state index in [4.69, 9.17) is 5.11 Å². The van der Waals surface area contributed by atoms with Crippen LogP contribution in [0.1, 0.15) is 24.2 Å². The Hall–Kier alpha value is -2.12. The number of amides is 1. The fraction of sp³-hybridized carbons (Fsp3) is 0.263. The van der Waals surface area contributed by atoms with Crippen molar-refractivity contribution >= 4 is 47.0 Å². The lowest BCUT2D eigenvalue weighted by molar-refractivity contribution is 0.0697. The molecule has 2 N–H and O–H groups in total. The number of hydrogen-bond acceptors (Lipinski definition) is 4. The number of fused-ring (bicyclic) bond motifs is 1. The second-order valence-electron chi connectivity index (χ2n) is 6.84. The lowest BCUT2D eigenvalue weighted by atomic mass is 10.0. The molecule has 2 aromatic rings. The highest BCUT2D eigenvalue weighted by Gasteiger charge is 2.25. The molecule has 0 spiro atoms. The number of carbonyl (C=O) groups is 2. The Balaban J connectivity index is 1.96. The SMILES string of the molecule is CC1(C)CSc2ccc(N(C(=O)O)c3ccc(C(=O)O)cc3)cc2SC1. The predicted octanol–water partition coefficient (Wildman–Crippen LogP) is 5.42. The summed E-state index contributed by atoms with van der Waals surface area (Å²) >= 11 is 3.54. The molecule has 7 heteroatoms. The lowest BCUT2D eigenvalue weighted by Crippen LogP contribution is -2.23. The topological polar surface area (TPSA) is 77.8 Å². The van der Waals surface area contributed by atoms with Crippen LogP contribution in [0.2, 0.25) is 0 Å². The van der Waals surface area contributed by atoms with Gasteiger partial charge < -0.3 is 10.2 Å². The van der Waals surface area contributed by atoms with Crippen molar-refractivity contribution in [1.82, 2.24) is 0 Å². The molecule has 0 fully saturated rings. The summed E-state index contributed by atoms with van der Waals surface area (Å²) in [6.07, 6.45) is -1.11. The highest BCUT2D eigenvalue weighted by molar-refractivity contribution is 8.03. The molecule has 1 aliphatic rings. The van der Waals surface area contributed by atoms with Crippen LogP contribution in [-0.2, 0) is 0 Å². The smallest absolute Gasteiger partial charge is 0.416 e. The average Bonchev–Trinajstić information content (AvgIpc) is 2.74. The summed E-state index contributed by atoms with van der Waals surface area (Å²) in [5.41, 5.74) is 1.30. The molecule has 1 aliphatic heterocycles. The van der Waals surface area contributed by atoms with Gasteiger partial charge in [-0.15, -0.1) is 23.5 Å². The number of rotatable bonds is 3. The molecule has 0 bridgehead atoms. The summed E-state index contributed by atoms with van der Waals surface area (Å²) in [5.74, 6) is 0.946. The number of nitrogens with zero attached hydrogens (tertiary/aromatic N) is 1. The van der Waals surface area contributed by atoms with Crippen LogP contribution < -0.4 is 4.90 Å². The van der Waals surface area contributed by atoms with E-state index in [2.05, 4.69) is 13.8 Å². The van der Waals surface area contributed by atoms with Gasteiger partial charge in [0.2, 0.25) is 0 Å². The Kier molecular flexibility index (Phi) is 5.20. The number of thioether (sulfide) groups is 2. The number of carboxylic acid groups (broad SMARTS) is 2. The first-order valence-corrected chi connectivity index (χ1v) is 10.00. The molecule has 136 valence electrons. The van der Waals surface area contributed by atoms with Crippen molar-refractivity contribution in [2.45, 2.75) is 23.6 Å². The molecule has 0 radical (unpaired) electrons. The predicted molar refractivity (Wildman–Crippen MR) is 105 cm³/mol. The standard InChI is InChI=1S/C19H19NO4S2/c1-19(2)10-25-15-8-7-14(9-16(15)26-11-19)20(18(23)24)13-5-3-12(4-6-13)17(21)22/h3-9H,10-11H2,1-2H3,(H,21,22)(H,23,24). The minimum atomic E-state index is -1.11. The summed E-state index contributed by atoms with van der Waals surface area (Å²) in [6.45, 7) is 4.46. The monoisotopic (exact) mass is 389 g/mol. The van der Waals surface area contributed by atoms with E-state index in [9.17, 15) is 14.7 Å². The third kappa shape index (κ3) is 3.99. The average molecular weight is 389 g/mol. The zero-order chi connectivity index (χ0) is 18.9. The van der Waals surface area contributed by atoms with E-state index >= 15 is 0 Å². The van der Waals surface area contributed by atoms with Gasteiger partial charge in [-0.1, -0.05) is 13.8 Å². The maximum absolute atomic E-state index is 11.9. The normalized spacial score (nSPS) is 15.6. The van der Waals surface area contributed by atoms with Crippen molar-refractivity contribution in [2.24, 2.45) is 5.41 Å². The molecule has 2 aromatic carbocycles. The zero-order valence-corrected chi connectivity index (χ0v) is 16.1. The molecule has 3 rings (SSSR count). The molecular weight excluding hydrogens is 370 g/mol. The molecule has 0 aromatic heterocycles. The summed E-state index contributed by atoms with van der Waals surface area (Å²) in [7, 11) is 0. The van der Waals surface area contributed by atoms with E-state index in [0.29, 0.717) is 11.4 Å². The lowest BCUT2D eigenvalue weighted by Gasteiger charge is -2.21. The van der Waals surface area contributed by atoms with Crippen molar-refractivity contribution in [3.05, 3.63) is 48.0 Å². The van der Waals surface area contributed by atoms with E-state index in [1.807, 2.05) is 12.1 Å². The number of aromatic carboxylic acids is 1. The summed E-state index contributed by atoms with van der Waals surface area (Å²) in [6, 6.07) is 11.5. The second kappa shape index (κ2) is 7.25. The first kappa shape index (κ1) is 18.7. The van der Waals surface area contributed by atoms with Gasteiger partial charge in [0, 0.05) is 21.3 Å². The molecule has 0 aliphatic carbocycles. The van der Waals surface area contributed by atoms with Gasteiger partial charge in [-0.05, 0) is 47.9 Å². The van der Waals surface area contributed by atoms with Crippen LogP contribution in [0, 0.1) is 5.41 Å². The third-order valence-electron chi connectivity index (χ3n) is 3.99. The van der Waals surface area contributed by atoms with Gasteiger partial charge >= 0.3 is 12.1 Å². The summed E-state index contributed by atoms with van der Waals surface area (Å²) in [4.78, 5) is 26.3. The maximum atomic E-state index is 11.9. The van der Waals surface area contributed by atoms with E-state index in [-0.39, 0.29) is 11.0 Å². The fourth-order valence-electron chi connectivity index (χ4n) is 2.58. The van der Waals surface area contributed by atoms with Gasteiger partial charge in [-0.3, -0.25) is 0 Å². The van der Waals surface area contributed by atoms with Gasteiger partial charge in [0.05, 0.1) is 16.9 Å². The number of anilines is 2.